The number of hydrogen-bond acceptors (Lipinski definition) is 4. The van der Waals surface area contributed by atoms with Gasteiger partial charge in [-0.05, 0) is 67.6 Å². The first-order chi connectivity index (χ1) is 13.2. The van der Waals surface area contributed by atoms with E-state index in [0.29, 0.717) is 11.5 Å². The van der Waals surface area contributed by atoms with Gasteiger partial charge in [-0.1, -0.05) is 0 Å². The third kappa shape index (κ3) is 4.09. The average molecular weight is 364 g/mol. The molecule has 1 aromatic heterocycles. The van der Waals surface area contributed by atoms with E-state index in [2.05, 4.69) is 11.0 Å². The summed E-state index contributed by atoms with van der Waals surface area (Å²) in [6, 6.07) is 18.0. The van der Waals surface area contributed by atoms with Gasteiger partial charge in [-0.15, -0.1) is 0 Å². The van der Waals surface area contributed by atoms with E-state index in [1.54, 1.807) is 12.1 Å². The topological polar surface area (TPSA) is 34.6 Å². The van der Waals surface area contributed by atoms with Crippen LogP contribution in [0.4, 0.5) is 10.1 Å². The van der Waals surface area contributed by atoms with Crippen molar-refractivity contribution in [3.63, 3.8) is 0 Å². The minimum absolute atomic E-state index is 0.279. The number of pyridine rings is 1. The molecular formula is C22H21FN2O2. The fourth-order valence-electron chi connectivity index (χ4n) is 3.14. The number of ether oxygens (including phenoxy) is 2. The fraction of sp³-hybridized carbons (Fsp3) is 0.227. The van der Waals surface area contributed by atoms with E-state index >= 15 is 0 Å². The summed E-state index contributed by atoms with van der Waals surface area (Å²) in [6.45, 7) is 5.20. The SMILES string of the molecule is Cc1ccc(N2CCOCC2)c(-c2ccc(Oc3ccc(F)cc3)cc2)n1. The number of rotatable bonds is 4. The van der Waals surface area contributed by atoms with Crippen LogP contribution in [0.15, 0.2) is 60.7 Å². The van der Waals surface area contributed by atoms with Gasteiger partial charge in [0.15, 0.2) is 0 Å². The van der Waals surface area contributed by atoms with Crippen LogP contribution in [0.3, 0.4) is 0 Å². The molecular weight excluding hydrogens is 343 g/mol. The van der Waals surface area contributed by atoms with Gasteiger partial charge in [0.1, 0.15) is 17.3 Å². The molecule has 1 saturated heterocycles. The summed E-state index contributed by atoms with van der Waals surface area (Å²) in [4.78, 5) is 7.09. The Hall–Kier alpha value is -2.92. The molecule has 4 rings (SSSR count). The molecule has 0 bridgehead atoms. The maximum Gasteiger partial charge on any atom is 0.127 e. The summed E-state index contributed by atoms with van der Waals surface area (Å²) in [5.41, 5.74) is 4.10. The first-order valence-corrected chi connectivity index (χ1v) is 9.03. The van der Waals surface area contributed by atoms with Gasteiger partial charge in [0, 0.05) is 24.3 Å². The molecule has 0 aliphatic carbocycles. The number of aromatic nitrogens is 1. The van der Waals surface area contributed by atoms with Crippen molar-refractivity contribution >= 4 is 5.69 Å². The molecule has 0 N–H and O–H groups in total. The molecule has 0 atom stereocenters. The van der Waals surface area contributed by atoms with Gasteiger partial charge in [-0.2, -0.15) is 0 Å². The number of morpholine rings is 1. The van der Waals surface area contributed by atoms with Gasteiger partial charge in [0.2, 0.25) is 0 Å². The Morgan fingerprint density at radius 1 is 0.889 bits per heavy atom. The van der Waals surface area contributed by atoms with Gasteiger partial charge in [-0.3, -0.25) is 4.98 Å². The van der Waals surface area contributed by atoms with Crippen molar-refractivity contribution in [2.75, 3.05) is 31.2 Å². The molecule has 27 heavy (non-hydrogen) atoms. The van der Waals surface area contributed by atoms with Crippen molar-refractivity contribution in [3.05, 3.63) is 72.2 Å². The van der Waals surface area contributed by atoms with Gasteiger partial charge in [-0.25, -0.2) is 4.39 Å². The third-order valence-electron chi connectivity index (χ3n) is 4.54. The second kappa shape index (κ2) is 7.76. The molecule has 2 heterocycles. The van der Waals surface area contributed by atoms with Crippen molar-refractivity contribution in [1.82, 2.24) is 4.98 Å². The summed E-state index contributed by atoms with van der Waals surface area (Å²) in [7, 11) is 0. The molecule has 0 radical (unpaired) electrons. The molecule has 1 aliphatic heterocycles. The van der Waals surface area contributed by atoms with Crippen LogP contribution in [0.1, 0.15) is 5.69 Å². The monoisotopic (exact) mass is 364 g/mol. The number of benzene rings is 2. The van der Waals surface area contributed by atoms with Gasteiger partial charge in [0.05, 0.1) is 24.6 Å². The van der Waals surface area contributed by atoms with Crippen molar-refractivity contribution in [1.29, 1.82) is 0 Å². The van der Waals surface area contributed by atoms with Crippen molar-refractivity contribution < 1.29 is 13.9 Å². The molecule has 0 spiro atoms. The van der Waals surface area contributed by atoms with Crippen LogP contribution in [0.25, 0.3) is 11.3 Å². The summed E-state index contributed by atoms with van der Waals surface area (Å²) in [6.07, 6.45) is 0. The lowest BCUT2D eigenvalue weighted by atomic mass is 10.1. The minimum atomic E-state index is -0.279. The Balaban J connectivity index is 1.59. The molecule has 3 aromatic rings. The predicted molar refractivity (Wildman–Crippen MR) is 104 cm³/mol. The zero-order valence-corrected chi connectivity index (χ0v) is 15.2. The highest BCUT2D eigenvalue weighted by atomic mass is 19.1. The average Bonchev–Trinajstić information content (AvgIpc) is 2.71. The predicted octanol–water partition coefficient (Wildman–Crippen LogP) is 4.83. The lowest BCUT2D eigenvalue weighted by Gasteiger charge is -2.30. The van der Waals surface area contributed by atoms with Crippen molar-refractivity contribution in [3.8, 4) is 22.8 Å². The molecule has 0 unspecified atom stereocenters. The zero-order valence-electron chi connectivity index (χ0n) is 15.2. The number of hydrogen-bond donors (Lipinski definition) is 0. The maximum atomic E-state index is 13.0. The van der Waals surface area contributed by atoms with Gasteiger partial charge < -0.3 is 14.4 Å². The smallest absolute Gasteiger partial charge is 0.127 e. The Morgan fingerprint density at radius 3 is 2.19 bits per heavy atom. The second-order valence-electron chi connectivity index (χ2n) is 6.50. The van der Waals surface area contributed by atoms with E-state index in [9.17, 15) is 4.39 Å². The normalized spacial score (nSPS) is 14.2. The molecule has 1 aliphatic rings. The Kier molecular flexibility index (Phi) is 5.03. The number of halogens is 1. The van der Waals surface area contributed by atoms with E-state index in [1.807, 2.05) is 37.3 Å². The molecule has 1 fully saturated rings. The lowest BCUT2D eigenvalue weighted by Crippen LogP contribution is -2.36. The first-order valence-electron chi connectivity index (χ1n) is 9.03. The number of aryl methyl sites for hydroxylation is 1. The molecule has 4 nitrogen and oxygen atoms in total. The van der Waals surface area contributed by atoms with Crippen LogP contribution in [-0.2, 0) is 4.74 Å². The summed E-state index contributed by atoms with van der Waals surface area (Å²) >= 11 is 0. The summed E-state index contributed by atoms with van der Waals surface area (Å²) in [5, 5.41) is 0. The van der Waals surface area contributed by atoms with Crippen LogP contribution in [0.2, 0.25) is 0 Å². The molecule has 0 amide bonds. The number of nitrogens with zero attached hydrogens (tertiary/aromatic N) is 2. The van der Waals surface area contributed by atoms with Crippen molar-refractivity contribution in [2.45, 2.75) is 6.92 Å². The standard InChI is InChI=1S/C22H21FN2O2/c1-16-2-11-21(25-12-14-26-15-13-25)22(24-16)17-3-7-19(8-4-17)27-20-9-5-18(23)6-10-20/h2-11H,12-15H2,1H3. The van der Waals surface area contributed by atoms with Crippen LogP contribution in [-0.4, -0.2) is 31.3 Å². The van der Waals surface area contributed by atoms with E-state index in [4.69, 9.17) is 14.5 Å². The molecule has 2 aromatic carbocycles. The second-order valence-corrected chi connectivity index (χ2v) is 6.50. The highest BCUT2D eigenvalue weighted by Crippen LogP contribution is 2.32. The van der Waals surface area contributed by atoms with Crippen LogP contribution >= 0.6 is 0 Å². The summed E-state index contributed by atoms with van der Waals surface area (Å²) in [5.74, 6) is 1.02. The zero-order chi connectivity index (χ0) is 18.6. The highest BCUT2D eigenvalue weighted by Gasteiger charge is 2.17. The van der Waals surface area contributed by atoms with E-state index in [-0.39, 0.29) is 5.82 Å². The quantitative estimate of drug-likeness (QED) is 0.664. The van der Waals surface area contributed by atoms with Crippen molar-refractivity contribution in [2.24, 2.45) is 0 Å². The third-order valence-corrected chi connectivity index (χ3v) is 4.54. The molecule has 5 heteroatoms. The maximum absolute atomic E-state index is 13.0. The molecule has 138 valence electrons. The Labute approximate surface area is 158 Å². The highest BCUT2D eigenvalue weighted by molar-refractivity contribution is 5.75. The van der Waals surface area contributed by atoms with E-state index in [0.717, 1.165) is 48.9 Å². The lowest BCUT2D eigenvalue weighted by molar-refractivity contribution is 0.122. The fourth-order valence-corrected chi connectivity index (χ4v) is 3.14. The van der Waals surface area contributed by atoms with Crippen LogP contribution in [0.5, 0.6) is 11.5 Å². The molecule has 0 saturated carbocycles. The Morgan fingerprint density at radius 2 is 1.52 bits per heavy atom. The Bertz CT molecular complexity index is 905. The first kappa shape index (κ1) is 17.5. The minimum Gasteiger partial charge on any atom is -0.457 e. The van der Waals surface area contributed by atoms with E-state index < -0.39 is 0 Å². The van der Waals surface area contributed by atoms with Gasteiger partial charge >= 0.3 is 0 Å². The summed E-state index contributed by atoms with van der Waals surface area (Å²) < 4.78 is 24.3. The largest absolute Gasteiger partial charge is 0.457 e. The van der Waals surface area contributed by atoms with Gasteiger partial charge in [0.25, 0.3) is 0 Å². The van der Waals surface area contributed by atoms with Crippen LogP contribution < -0.4 is 9.64 Å². The number of anilines is 1. The van der Waals surface area contributed by atoms with Crippen LogP contribution in [0, 0.1) is 12.7 Å². The van der Waals surface area contributed by atoms with E-state index in [1.165, 1.54) is 12.1 Å².